The second kappa shape index (κ2) is 12.7. The van der Waals surface area contributed by atoms with Crippen molar-refractivity contribution in [1.82, 2.24) is 10.2 Å². The number of rotatable bonds is 11. The summed E-state index contributed by atoms with van der Waals surface area (Å²) in [5.41, 5.74) is 4.85. The summed E-state index contributed by atoms with van der Waals surface area (Å²) >= 11 is 0. The van der Waals surface area contributed by atoms with Crippen LogP contribution in [0, 0.1) is 20.8 Å². The van der Waals surface area contributed by atoms with Gasteiger partial charge in [0.25, 0.3) is 0 Å². The lowest BCUT2D eigenvalue weighted by molar-refractivity contribution is -0.140. The van der Waals surface area contributed by atoms with E-state index in [9.17, 15) is 18.0 Å². The van der Waals surface area contributed by atoms with Crippen LogP contribution in [-0.2, 0) is 32.6 Å². The van der Waals surface area contributed by atoms with Gasteiger partial charge < -0.3 is 10.2 Å². The fourth-order valence-corrected chi connectivity index (χ4v) is 5.30. The molecule has 0 unspecified atom stereocenters. The Kier molecular flexibility index (Phi) is 9.69. The highest BCUT2D eigenvalue weighted by Gasteiger charge is 2.33. The van der Waals surface area contributed by atoms with Crippen LogP contribution in [0.4, 0.5) is 5.69 Å². The summed E-state index contributed by atoms with van der Waals surface area (Å²) < 4.78 is 27.0. The normalized spacial score (nSPS) is 12.0. The van der Waals surface area contributed by atoms with Gasteiger partial charge in [-0.3, -0.25) is 13.9 Å². The number of benzene rings is 3. The molecule has 2 amide bonds. The molecule has 8 heteroatoms. The van der Waals surface area contributed by atoms with E-state index in [0.29, 0.717) is 18.7 Å². The maximum absolute atomic E-state index is 14.1. The number of hydrogen-bond acceptors (Lipinski definition) is 4. The van der Waals surface area contributed by atoms with Gasteiger partial charge in [0.1, 0.15) is 12.6 Å². The first-order valence-corrected chi connectivity index (χ1v) is 14.6. The second-order valence-electron chi connectivity index (χ2n) is 9.61. The fraction of sp³-hybridized carbons (Fsp3) is 0.333. The van der Waals surface area contributed by atoms with Crippen molar-refractivity contribution < 1.29 is 18.0 Å². The molecule has 0 saturated carbocycles. The Morgan fingerprint density at radius 2 is 1.55 bits per heavy atom. The van der Waals surface area contributed by atoms with Crippen molar-refractivity contribution in [2.24, 2.45) is 0 Å². The van der Waals surface area contributed by atoms with Gasteiger partial charge in [-0.1, -0.05) is 66.7 Å². The molecule has 0 heterocycles. The predicted octanol–water partition coefficient (Wildman–Crippen LogP) is 4.15. The van der Waals surface area contributed by atoms with Crippen LogP contribution in [0.15, 0.2) is 72.8 Å². The average molecular weight is 536 g/mol. The molecule has 0 fully saturated rings. The minimum absolute atomic E-state index is 0.171. The topological polar surface area (TPSA) is 86.8 Å². The van der Waals surface area contributed by atoms with Crippen LogP contribution in [0.5, 0.6) is 0 Å². The van der Waals surface area contributed by atoms with E-state index in [0.717, 1.165) is 38.4 Å². The highest BCUT2D eigenvalue weighted by Crippen LogP contribution is 2.25. The number of aryl methyl sites for hydroxylation is 3. The molecule has 0 spiro atoms. The highest BCUT2D eigenvalue weighted by molar-refractivity contribution is 7.92. The summed E-state index contributed by atoms with van der Waals surface area (Å²) in [6, 6.07) is 21.9. The molecule has 0 saturated heterocycles. The van der Waals surface area contributed by atoms with Gasteiger partial charge in [0.05, 0.1) is 11.9 Å². The van der Waals surface area contributed by atoms with Crippen LogP contribution in [0.25, 0.3) is 0 Å². The van der Waals surface area contributed by atoms with E-state index in [1.807, 2.05) is 94.4 Å². The standard InChI is InChI=1S/C30H37N3O4S/c1-6-31-30(35)28(19-25-13-8-7-9-14-25)32(20-26-15-11-10-12-23(26)3)29(34)21-33(38(5,36)37)27-18-22(2)16-17-24(27)4/h7-18,28H,6,19-21H2,1-5H3,(H,31,35)/t28-/m0/s1. The third kappa shape index (κ3) is 7.44. The minimum atomic E-state index is -3.80. The zero-order valence-electron chi connectivity index (χ0n) is 22.8. The summed E-state index contributed by atoms with van der Waals surface area (Å²) in [5.74, 6) is -0.734. The average Bonchev–Trinajstić information content (AvgIpc) is 2.87. The molecule has 0 radical (unpaired) electrons. The summed E-state index contributed by atoms with van der Waals surface area (Å²) in [6.07, 6.45) is 1.39. The van der Waals surface area contributed by atoms with Crippen LogP contribution in [0.3, 0.4) is 0 Å². The second-order valence-corrected chi connectivity index (χ2v) is 11.5. The Labute approximate surface area is 226 Å². The lowest BCUT2D eigenvalue weighted by atomic mass is 10.0. The summed E-state index contributed by atoms with van der Waals surface area (Å²) in [6.45, 7) is 7.64. The number of hydrogen-bond donors (Lipinski definition) is 1. The lowest BCUT2D eigenvalue weighted by Crippen LogP contribution is -2.53. The molecule has 1 N–H and O–H groups in total. The van der Waals surface area contributed by atoms with E-state index in [4.69, 9.17) is 0 Å². The van der Waals surface area contributed by atoms with Crippen LogP contribution >= 0.6 is 0 Å². The number of sulfonamides is 1. The van der Waals surface area contributed by atoms with Crippen molar-refractivity contribution in [3.05, 3.63) is 101 Å². The van der Waals surface area contributed by atoms with E-state index in [1.54, 1.807) is 6.07 Å². The van der Waals surface area contributed by atoms with Crippen molar-refractivity contribution in [2.45, 2.75) is 46.7 Å². The smallest absolute Gasteiger partial charge is 0.244 e. The number of nitrogens with zero attached hydrogens (tertiary/aromatic N) is 2. The van der Waals surface area contributed by atoms with E-state index in [1.165, 1.54) is 4.90 Å². The summed E-state index contributed by atoms with van der Waals surface area (Å²) in [4.78, 5) is 29.0. The number of amides is 2. The molecule has 3 rings (SSSR count). The highest BCUT2D eigenvalue weighted by atomic mass is 32.2. The molecule has 0 aliphatic rings. The molecule has 0 aliphatic carbocycles. The Bertz CT molecular complexity index is 1370. The predicted molar refractivity (Wildman–Crippen MR) is 152 cm³/mol. The monoisotopic (exact) mass is 535 g/mol. The lowest BCUT2D eigenvalue weighted by Gasteiger charge is -2.34. The number of carbonyl (C=O) groups is 2. The van der Waals surface area contributed by atoms with Crippen LogP contribution in [0.1, 0.15) is 34.7 Å². The van der Waals surface area contributed by atoms with Gasteiger partial charge in [0, 0.05) is 19.5 Å². The zero-order chi connectivity index (χ0) is 27.9. The largest absolute Gasteiger partial charge is 0.355 e. The number of likely N-dealkylation sites (N-methyl/N-ethyl adjacent to an activating group) is 1. The van der Waals surface area contributed by atoms with Gasteiger partial charge in [0.2, 0.25) is 21.8 Å². The first-order chi connectivity index (χ1) is 18.0. The number of nitrogens with one attached hydrogen (secondary N) is 1. The van der Waals surface area contributed by atoms with Crippen LogP contribution in [-0.4, -0.2) is 50.5 Å². The molecule has 3 aromatic carbocycles. The van der Waals surface area contributed by atoms with E-state index >= 15 is 0 Å². The van der Waals surface area contributed by atoms with E-state index in [-0.39, 0.29) is 12.5 Å². The van der Waals surface area contributed by atoms with Crippen molar-refractivity contribution in [2.75, 3.05) is 23.7 Å². The minimum Gasteiger partial charge on any atom is -0.355 e. The van der Waals surface area contributed by atoms with Crippen LogP contribution < -0.4 is 9.62 Å². The molecule has 38 heavy (non-hydrogen) atoms. The molecule has 1 atom stereocenters. The molecular formula is C30H37N3O4S. The number of carbonyl (C=O) groups excluding carboxylic acids is 2. The third-order valence-corrected chi connectivity index (χ3v) is 7.66. The molecule has 7 nitrogen and oxygen atoms in total. The Morgan fingerprint density at radius 3 is 2.18 bits per heavy atom. The van der Waals surface area contributed by atoms with E-state index < -0.39 is 28.5 Å². The van der Waals surface area contributed by atoms with E-state index in [2.05, 4.69) is 5.32 Å². The molecule has 202 valence electrons. The molecule has 0 aliphatic heterocycles. The first-order valence-electron chi connectivity index (χ1n) is 12.7. The van der Waals surface area contributed by atoms with Gasteiger partial charge in [0.15, 0.2) is 0 Å². The maximum atomic E-state index is 14.1. The molecule has 0 bridgehead atoms. The number of anilines is 1. The Hall–Kier alpha value is -3.65. The van der Waals surface area contributed by atoms with Crippen molar-refractivity contribution >= 4 is 27.5 Å². The van der Waals surface area contributed by atoms with Crippen molar-refractivity contribution in [1.29, 1.82) is 0 Å². The quantitative estimate of drug-likeness (QED) is 0.400. The van der Waals surface area contributed by atoms with Gasteiger partial charge in [-0.15, -0.1) is 0 Å². The zero-order valence-corrected chi connectivity index (χ0v) is 23.6. The van der Waals surface area contributed by atoms with Gasteiger partial charge in [-0.2, -0.15) is 0 Å². The van der Waals surface area contributed by atoms with Gasteiger partial charge in [-0.05, 0) is 61.6 Å². The molecule has 0 aromatic heterocycles. The van der Waals surface area contributed by atoms with Crippen molar-refractivity contribution in [3.8, 4) is 0 Å². The van der Waals surface area contributed by atoms with Crippen molar-refractivity contribution in [3.63, 3.8) is 0 Å². The summed E-state index contributed by atoms with van der Waals surface area (Å²) in [7, 11) is -3.80. The first kappa shape index (κ1) is 28.9. The SMILES string of the molecule is CCNC(=O)[C@H](Cc1ccccc1)N(Cc1ccccc1C)C(=O)CN(c1cc(C)ccc1C)S(C)(=O)=O. The Morgan fingerprint density at radius 1 is 0.895 bits per heavy atom. The molecular weight excluding hydrogens is 498 g/mol. The van der Waals surface area contributed by atoms with Gasteiger partial charge in [-0.25, -0.2) is 8.42 Å². The third-order valence-electron chi connectivity index (χ3n) is 6.54. The fourth-order valence-electron chi connectivity index (χ4n) is 4.40. The van der Waals surface area contributed by atoms with Gasteiger partial charge >= 0.3 is 0 Å². The van der Waals surface area contributed by atoms with Crippen LogP contribution in [0.2, 0.25) is 0 Å². The maximum Gasteiger partial charge on any atom is 0.244 e. The molecule has 3 aromatic rings. The summed E-state index contributed by atoms with van der Waals surface area (Å²) in [5, 5.41) is 2.87. The Balaban J connectivity index is 2.08.